The van der Waals surface area contributed by atoms with Gasteiger partial charge in [-0.1, -0.05) is 242 Å². The highest BCUT2D eigenvalue weighted by atomic mass is 127. The van der Waals surface area contributed by atoms with Gasteiger partial charge in [0.15, 0.2) is 0 Å². The van der Waals surface area contributed by atoms with E-state index in [-0.39, 0.29) is 142 Å². The number of aromatic nitrogens is 2. The lowest BCUT2D eigenvalue weighted by molar-refractivity contribution is -0.152. The van der Waals surface area contributed by atoms with Crippen LogP contribution in [0.2, 0.25) is 0 Å². The Bertz CT molecular complexity index is 5200. The molecule has 4 N–H and O–H groups in total. The summed E-state index contributed by atoms with van der Waals surface area (Å²) in [5.74, 6) is -5.75. The normalized spacial score (nSPS) is 17.2. The zero-order valence-electron chi connectivity index (χ0n) is 85.6. The molecule has 2 aromatic heterocycles. The van der Waals surface area contributed by atoms with Gasteiger partial charge in [0.05, 0.1) is 90.1 Å². The number of hydrogen-bond donors (Lipinski definition) is 4. The summed E-state index contributed by atoms with van der Waals surface area (Å²) in [5, 5.41) is 23.7. The van der Waals surface area contributed by atoms with Gasteiger partial charge in [-0.05, 0) is 160 Å². The largest absolute Gasteiger partial charge is 0.481 e. The zero-order valence-corrected chi connectivity index (χ0v) is 89.4. The van der Waals surface area contributed by atoms with Crippen LogP contribution < -0.4 is 16.0 Å². The number of fused-ring (bicyclic) bond motifs is 6. The van der Waals surface area contributed by atoms with Gasteiger partial charge in [0, 0.05) is 139 Å². The summed E-state index contributed by atoms with van der Waals surface area (Å²) in [4.78, 5) is 150. The van der Waals surface area contributed by atoms with Gasteiger partial charge in [0.25, 0.3) is 0 Å². The summed E-state index contributed by atoms with van der Waals surface area (Å²) in [7, 11) is 10.1. The molecule has 1 unspecified atom stereocenters. The third-order valence-corrected chi connectivity index (χ3v) is 29.4. The van der Waals surface area contributed by atoms with Gasteiger partial charge >= 0.3 is 30.1 Å². The standard InChI is InChI=1S/C55H72N4O9S.C31H47N3O4S.C24H27NO6.CH3I.CH4/c1-10-35(2)50(47(65-8)32-48(61)59-27-18-25-45(59)51(66-9)36(3)46(60)30-38(52-56-26-28-69-52)29-37-19-12-11-13-20-37)58(7)53(63)39(33-57-54(64)68-55(4,5)6)31-49(62)67-34-44-42-23-16-14-21-40(42)41-22-15-17-24-43(41)44;1-7-21(2)29(32-4)27(37-5)20-28(36)34-16-11-14-25(34)30(38-6)22(3)26(35)19-24(31-33-15-17-39-31)18-23-12-9-8-10-13-23;1-24(2,3)31-23(29)25-13-15(22(27)28)12-21(26)30-14-20-18-10-6-4-8-16(18)17-9-5-7-11-19(17)20;1-2;/h11-17,19-24,26,28,35-36,38-39,44-45,47,50-51H,10,18,25,27,29-34H2,1-9H3,(H,57,64);8-10,12-13,15,17,21-22,24-25,27,29-30,32H,7,11,14,16,18-20H2,1-6H3;4-11,15,20H,12-14H2,1-3H3,(H,25,29)(H,27,28);1H3;1H4/t35-,36-,38+,39-,45-,47+,50-,51+;21-,22-,24+,25-,27+,29-,30+;;;/m00.../s1. The van der Waals surface area contributed by atoms with Gasteiger partial charge in [0.2, 0.25) is 17.7 Å². The van der Waals surface area contributed by atoms with Crippen molar-refractivity contribution in [3.8, 4) is 22.3 Å². The number of likely N-dealkylation sites (tertiary alicyclic amines) is 2. The Hall–Kier alpha value is -10.2. The molecule has 2 aliphatic heterocycles. The molecule has 2 saturated heterocycles. The van der Waals surface area contributed by atoms with Crippen molar-refractivity contribution in [2.24, 2.45) is 35.5 Å². The molecule has 16 atom stereocenters. The first kappa shape index (κ1) is 117. The Morgan fingerprint density at radius 2 is 0.852 bits per heavy atom. The van der Waals surface area contributed by atoms with E-state index in [9.17, 15) is 53.1 Å². The van der Waals surface area contributed by atoms with Crippen molar-refractivity contribution in [1.29, 1.82) is 0 Å². The fourth-order valence-corrected chi connectivity index (χ4v) is 21.5. The third-order valence-electron chi connectivity index (χ3n) is 27.5. The summed E-state index contributed by atoms with van der Waals surface area (Å²) < 4.78 is 46.0. The molecule has 0 saturated carbocycles. The first-order valence-electron chi connectivity index (χ1n) is 49.3. The fourth-order valence-electron chi connectivity index (χ4n) is 20.0. The number of benzene rings is 6. The molecule has 2 fully saturated rings. The zero-order chi connectivity index (χ0) is 103. The van der Waals surface area contributed by atoms with Crippen LogP contribution in [0.1, 0.15) is 235 Å². The van der Waals surface area contributed by atoms with Gasteiger partial charge in [-0.25, -0.2) is 19.6 Å². The minimum absolute atomic E-state index is 0. The number of alkyl carbamates (subject to hydrolysis) is 2. The molecule has 0 radical (unpaired) electrons. The van der Waals surface area contributed by atoms with Crippen molar-refractivity contribution in [2.75, 3.05) is 86.9 Å². The topological polar surface area (TPSA) is 336 Å². The molecule has 30 heteroatoms. The number of methoxy groups -OCH3 is 4. The summed E-state index contributed by atoms with van der Waals surface area (Å²) in [6.07, 6.45) is 6.89. The number of alkyl halides is 1. The number of Topliss-reactive ketones (excluding diaryl/α,β-unsaturated/α-hetero) is 2. The van der Waals surface area contributed by atoms with Crippen molar-refractivity contribution in [3.05, 3.63) is 224 Å². The van der Waals surface area contributed by atoms with Crippen LogP contribution in [-0.4, -0.2) is 236 Å². The Morgan fingerprint density at radius 1 is 0.493 bits per heavy atom. The number of ketones is 2. The van der Waals surface area contributed by atoms with Gasteiger partial charge in [-0.3, -0.25) is 38.4 Å². The fraction of sp³-hybridized carbons (Fsp3) is 0.536. The van der Waals surface area contributed by atoms with Crippen molar-refractivity contribution >= 4 is 105 Å². The summed E-state index contributed by atoms with van der Waals surface area (Å²) in [6.45, 7) is 23.5. The van der Waals surface area contributed by atoms with E-state index < -0.39 is 83.2 Å². The summed E-state index contributed by atoms with van der Waals surface area (Å²) in [5.41, 5.74) is 9.57. The molecule has 12 rings (SSSR count). The molecule has 0 spiro atoms. The number of thiazole rings is 2. The van der Waals surface area contributed by atoms with Crippen molar-refractivity contribution in [1.82, 2.24) is 40.6 Å². The molecular weight excluding hydrogens is 1950 g/mol. The van der Waals surface area contributed by atoms with Crippen LogP contribution in [0.15, 0.2) is 181 Å². The lowest BCUT2D eigenvalue weighted by atomic mass is 9.85. The molecule has 2 aliphatic carbocycles. The number of ether oxygens (including phenoxy) is 8. The molecule has 4 heterocycles. The van der Waals surface area contributed by atoms with Crippen molar-refractivity contribution < 1.29 is 90.9 Å². The molecule has 0 bridgehead atoms. The lowest BCUT2D eigenvalue weighted by Gasteiger charge is -2.40. The molecule has 4 aliphatic rings. The highest BCUT2D eigenvalue weighted by molar-refractivity contribution is 14.1. The number of esters is 2. The second-order valence-corrected chi connectivity index (χ2v) is 41.0. The van der Waals surface area contributed by atoms with Crippen LogP contribution in [0.25, 0.3) is 22.3 Å². The van der Waals surface area contributed by atoms with Gasteiger partial charge in [0.1, 0.15) is 36.0 Å². The number of rotatable bonds is 46. The average molecular weight is 2110 g/mol. The number of halogens is 1. The van der Waals surface area contributed by atoms with Crippen LogP contribution >= 0.6 is 45.3 Å². The summed E-state index contributed by atoms with van der Waals surface area (Å²) in [6, 6.07) is 51.5. The van der Waals surface area contributed by atoms with E-state index in [1.54, 1.807) is 117 Å². The Kier molecular flexibility index (Phi) is 47.4. The summed E-state index contributed by atoms with van der Waals surface area (Å²) >= 11 is 5.30. The number of nitrogens with zero attached hydrogens (tertiary/aromatic N) is 5. The number of carboxylic acid groups (broad SMARTS) is 1. The Balaban J connectivity index is 0.000000284. The smallest absolute Gasteiger partial charge is 0.407 e. The maximum atomic E-state index is 14.8. The molecular formula is C112H153IN8O19S2. The van der Waals surface area contributed by atoms with Crippen LogP contribution in [0.5, 0.6) is 0 Å². The van der Waals surface area contributed by atoms with E-state index in [1.807, 2.05) is 182 Å². The quantitative estimate of drug-likeness (QED) is 0.0119. The number of hydrogen-bond acceptors (Lipinski definition) is 23. The van der Waals surface area contributed by atoms with Crippen LogP contribution in [0, 0.1) is 35.5 Å². The molecule has 6 aromatic carbocycles. The van der Waals surface area contributed by atoms with Crippen molar-refractivity contribution in [2.45, 2.75) is 264 Å². The van der Waals surface area contributed by atoms with Gasteiger partial charge in [-0.2, -0.15) is 0 Å². The van der Waals surface area contributed by atoms with Crippen molar-refractivity contribution in [3.63, 3.8) is 0 Å². The van der Waals surface area contributed by atoms with E-state index >= 15 is 0 Å². The second-order valence-electron chi connectivity index (χ2n) is 39.1. The molecule has 774 valence electrons. The first-order chi connectivity index (χ1) is 67.5. The number of likely N-dealkylation sites (N-methyl/N-ethyl adjacent to an activating group) is 2. The lowest BCUT2D eigenvalue weighted by Crippen LogP contribution is -2.54. The molecule has 27 nitrogen and oxygen atoms in total. The van der Waals surface area contributed by atoms with E-state index in [2.05, 4.69) is 98.8 Å². The number of carbonyl (C=O) groups excluding carboxylic acids is 9. The number of carboxylic acids is 1. The van der Waals surface area contributed by atoms with Gasteiger partial charge in [-0.15, -0.1) is 22.7 Å². The SMILES string of the molecule is C.CC(C)(C)OC(=O)NCC(CC(=O)OCC1c2ccccc2-c2ccccc21)C(=O)O.CC[C@H](C)[C@@H]([C@@H](CC(=O)N1CCC[C@H]1[C@H](OC)[C@@H](C)C(=O)C[C@@H](Cc1ccccc1)c1nccs1)OC)N(C)C(=O)[C@H](CNC(=O)OC(C)(C)C)CC(=O)OCC1c2ccccc2-c2ccccc21.CC[C@H](C)[C@H](NC)[C@@H](CC(=O)N1CCC[C@H]1[C@H](OC)[C@@H](C)C(=O)C[C@@H](Cc1ccccc1)c1nccs1)OC.CI. The van der Waals surface area contributed by atoms with Crippen LogP contribution in [-0.2, 0) is 89.1 Å². The predicted octanol–water partition coefficient (Wildman–Crippen LogP) is 20.0. The number of amides is 5. The highest BCUT2D eigenvalue weighted by Crippen LogP contribution is 2.47. The Morgan fingerprint density at radius 3 is 1.19 bits per heavy atom. The van der Waals surface area contributed by atoms with Crippen LogP contribution in [0.3, 0.4) is 0 Å². The minimum Gasteiger partial charge on any atom is -0.481 e. The number of aliphatic carboxylic acids is 1. The van der Waals surface area contributed by atoms with E-state index in [1.165, 1.54) is 5.56 Å². The number of carbonyl (C=O) groups is 10. The monoisotopic (exact) mass is 2100 g/mol. The maximum absolute atomic E-state index is 14.8. The van der Waals surface area contributed by atoms with E-state index in [0.29, 0.717) is 57.5 Å². The van der Waals surface area contributed by atoms with E-state index in [0.717, 1.165) is 92.2 Å². The predicted molar refractivity (Wildman–Crippen MR) is 566 cm³/mol. The van der Waals surface area contributed by atoms with E-state index in [4.69, 9.17) is 37.9 Å². The number of nitrogens with one attached hydrogen (secondary N) is 3. The molecule has 5 amide bonds. The highest BCUT2D eigenvalue weighted by Gasteiger charge is 2.46. The molecule has 8 aromatic rings. The Labute approximate surface area is 863 Å². The van der Waals surface area contributed by atoms with Gasteiger partial charge < -0.3 is 73.7 Å². The maximum Gasteiger partial charge on any atom is 0.407 e. The third kappa shape index (κ3) is 32.9. The van der Waals surface area contributed by atoms with Crippen LogP contribution in [0.4, 0.5) is 9.59 Å². The first-order valence-corrected chi connectivity index (χ1v) is 53.2. The molecule has 142 heavy (non-hydrogen) atoms. The second kappa shape index (κ2) is 57.5. The average Bonchev–Trinajstić information content (AvgIpc) is 1.62. The minimum atomic E-state index is -1.19.